The van der Waals surface area contributed by atoms with E-state index < -0.39 is 0 Å². The number of nitrogens with zero attached hydrogens (tertiary/aromatic N) is 1. The fraction of sp³-hybridized carbons (Fsp3) is 0.273. The van der Waals surface area contributed by atoms with Gasteiger partial charge in [0.1, 0.15) is 19.0 Å². The van der Waals surface area contributed by atoms with E-state index in [-0.39, 0.29) is 11.1 Å². The predicted octanol–water partition coefficient (Wildman–Crippen LogP) is 4.74. The summed E-state index contributed by atoms with van der Waals surface area (Å²) in [4.78, 5) is 16.0. The number of amides is 1. The summed E-state index contributed by atoms with van der Waals surface area (Å²) in [6.45, 7) is 7.02. The number of amidine groups is 1. The number of hydrogen-bond acceptors (Lipinski definition) is 6. The van der Waals surface area contributed by atoms with E-state index in [1.807, 2.05) is 32.9 Å². The first-order chi connectivity index (χ1) is 14.4. The molecule has 1 heterocycles. The smallest absolute Gasteiger partial charge is 0.286 e. The molecule has 8 heteroatoms. The van der Waals surface area contributed by atoms with Crippen molar-refractivity contribution < 1.29 is 19.0 Å². The van der Waals surface area contributed by atoms with Gasteiger partial charge >= 0.3 is 0 Å². The highest BCUT2D eigenvalue weighted by Gasteiger charge is 2.20. The summed E-state index contributed by atoms with van der Waals surface area (Å²) < 4.78 is 17.3. The minimum Gasteiger partial charge on any atom is -0.490 e. The molecule has 1 aliphatic heterocycles. The zero-order chi connectivity index (χ0) is 21.7. The molecule has 2 N–H and O–H groups in total. The first-order valence-electron chi connectivity index (χ1n) is 9.44. The Morgan fingerprint density at radius 1 is 1.10 bits per heavy atom. The molecule has 30 heavy (non-hydrogen) atoms. The molecule has 6 nitrogen and oxygen atoms in total. The van der Waals surface area contributed by atoms with Crippen LogP contribution in [0.2, 0.25) is 5.02 Å². The van der Waals surface area contributed by atoms with Crippen molar-refractivity contribution in [1.82, 2.24) is 0 Å². The van der Waals surface area contributed by atoms with E-state index in [4.69, 9.17) is 31.5 Å². The van der Waals surface area contributed by atoms with Gasteiger partial charge in [0.2, 0.25) is 0 Å². The molecule has 0 saturated carbocycles. The Morgan fingerprint density at radius 3 is 2.53 bits per heavy atom. The van der Waals surface area contributed by atoms with Crippen LogP contribution in [0.15, 0.2) is 40.2 Å². The Kier molecular flexibility index (Phi) is 7.29. The van der Waals surface area contributed by atoms with Crippen molar-refractivity contribution in [3.8, 4) is 17.2 Å². The number of thioether (sulfide) groups is 1. The van der Waals surface area contributed by atoms with Crippen LogP contribution in [0.1, 0.15) is 23.6 Å². The van der Waals surface area contributed by atoms with Crippen molar-refractivity contribution in [2.24, 2.45) is 10.7 Å². The summed E-state index contributed by atoms with van der Waals surface area (Å²) in [7, 11) is 0. The second-order valence-electron chi connectivity index (χ2n) is 6.59. The van der Waals surface area contributed by atoms with E-state index in [2.05, 4.69) is 11.1 Å². The summed E-state index contributed by atoms with van der Waals surface area (Å²) in [6.07, 6.45) is 1.68. The number of benzene rings is 2. The highest BCUT2D eigenvalue weighted by molar-refractivity contribution is 8.18. The van der Waals surface area contributed by atoms with E-state index in [0.29, 0.717) is 46.8 Å². The van der Waals surface area contributed by atoms with Crippen LogP contribution >= 0.6 is 23.4 Å². The maximum atomic E-state index is 11.8. The Hall–Kier alpha value is -2.64. The third kappa shape index (κ3) is 5.49. The molecule has 3 rings (SSSR count). The maximum Gasteiger partial charge on any atom is 0.286 e. The Morgan fingerprint density at radius 2 is 1.87 bits per heavy atom. The maximum absolute atomic E-state index is 11.8. The van der Waals surface area contributed by atoms with Gasteiger partial charge in [-0.3, -0.25) is 4.79 Å². The van der Waals surface area contributed by atoms with Gasteiger partial charge in [0.25, 0.3) is 5.91 Å². The van der Waals surface area contributed by atoms with Crippen molar-refractivity contribution in [2.45, 2.75) is 20.8 Å². The number of rotatable bonds is 8. The molecule has 1 amide bonds. The van der Waals surface area contributed by atoms with Crippen LogP contribution in [0.5, 0.6) is 17.2 Å². The van der Waals surface area contributed by atoms with E-state index in [1.165, 1.54) is 5.56 Å². The SMILES string of the molecule is CCOc1cc(/C=C2/SC(N)=NC2=O)cc(Cl)c1OCCOc1ccc(C)cc1C. The number of halogens is 1. The van der Waals surface area contributed by atoms with Gasteiger partial charge in [0.05, 0.1) is 16.5 Å². The average molecular weight is 447 g/mol. The highest BCUT2D eigenvalue weighted by Crippen LogP contribution is 2.38. The van der Waals surface area contributed by atoms with Gasteiger partial charge in [-0.2, -0.15) is 4.99 Å². The lowest BCUT2D eigenvalue weighted by molar-refractivity contribution is -0.113. The Labute approximate surface area is 185 Å². The lowest BCUT2D eigenvalue weighted by atomic mass is 10.1. The van der Waals surface area contributed by atoms with Crippen LogP contribution in [-0.2, 0) is 4.79 Å². The fourth-order valence-corrected chi connectivity index (χ4v) is 3.86. The summed E-state index contributed by atoms with van der Waals surface area (Å²) >= 11 is 7.56. The fourth-order valence-electron chi connectivity index (χ4n) is 2.91. The molecule has 0 saturated heterocycles. The number of nitrogens with two attached hydrogens (primary N) is 1. The molecule has 0 aromatic heterocycles. The minimum absolute atomic E-state index is 0.228. The summed E-state index contributed by atoms with van der Waals surface area (Å²) in [6, 6.07) is 9.50. The number of ether oxygens (including phenoxy) is 3. The quantitative estimate of drug-likeness (QED) is 0.465. The molecule has 0 unspecified atom stereocenters. The third-order valence-corrected chi connectivity index (χ3v) is 5.28. The van der Waals surface area contributed by atoms with Gasteiger partial charge in [0.15, 0.2) is 16.7 Å². The van der Waals surface area contributed by atoms with Crippen LogP contribution in [0, 0.1) is 13.8 Å². The van der Waals surface area contributed by atoms with Gasteiger partial charge in [-0.1, -0.05) is 29.3 Å². The van der Waals surface area contributed by atoms with Gasteiger partial charge < -0.3 is 19.9 Å². The zero-order valence-electron chi connectivity index (χ0n) is 17.0. The van der Waals surface area contributed by atoms with E-state index >= 15 is 0 Å². The molecule has 158 valence electrons. The van der Waals surface area contributed by atoms with Gasteiger partial charge in [-0.25, -0.2) is 0 Å². The van der Waals surface area contributed by atoms with Crippen LogP contribution in [0.3, 0.4) is 0 Å². The summed E-state index contributed by atoms with van der Waals surface area (Å²) in [5, 5.41) is 0.606. The van der Waals surface area contributed by atoms with Crippen LogP contribution in [0.4, 0.5) is 0 Å². The molecule has 0 radical (unpaired) electrons. The van der Waals surface area contributed by atoms with Gasteiger partial charge in [0, 0.05) is 0 Å². The topological polar surface area (TPSA) is 83.1 Å². The van der Waals surface area contributed by atoms with E-state index in [0.717, 1.165) is 23.1 Å². The molecule has 0 aliphatic carbocycles. The lowest BCUT2D eigenvalue weighted by Gasteiger charge is -2.15. The van der Waals surface area contributed by atoms with Crippen molar-refractivity contribution in [3.05, 3.63) is 56.9 Å². The first-order valence-corrected chi connectivity index (χ1v) is 10.6. The zero-order valence-corrected chi connectivity index (χ0v) is 18.6. The number of aryl methyl sites for hydroxylation is 2. The second kappa shape index (κ2) is 9.91. The van der Waals surface area contributed by atoms with Crippen molar-refractivity contribution >= 4 is 40.5 Å². The van der Waals surface area contributed by atoms with E-state index in [9.17, 15) is 4.79 Å². The van der Waals surface area contributed by atoms with E-state index in [1.54, 1.807) is 18.2 Å². The van der Waals surface area contributed by atoms with Gasteiger partial charge in [-0.05, 0) is 67.9 Å². The molecular weight excluding hydrogens is 424 g/mol. The number of carbonyl (C=O) groups excluding carboxylic acids is 1. The molecule has 0 spiro atoms. The minimum atomic E-state index is -0.365. The van der Waals surface area contributed by atoms with Crippen molar-refractivity contribution in [1.29, 1.82) is 0 Å². The molecule has 1 aliphatic rings. The lowest BCUT2D eigenvalue weighted by Crippen LogP contribution is -2.11. The monoisotopic (exact) mass is 446 g/mol. The van der Waals surface area contributed by atoms with Crippen molar-refractivity contribution in [2.75, 3.05) is 19.8 Å². The summed E-state index contributed by atoms with van der Waals surface area (Å²) in [5.41, 5.74) is 8.55. The van der Waals surface area contributed by atoms with Crippen LogP contribution in [-0.4, -0.2) is 30.9 Å². The largest absolute Gasteiger partial charge is 0.490 e. The second-order valence-corrected chi connectivity index (χ2v) is 8.06. The molecular formula is C22H23ClN2O4S. The molecule has 2 aromatic carbocycles. The number of hydrogen-bond donors (Lipinski definition) is 1. The highest BCUT2D eigenvalue weighted by atomic mass is 35.5. The number of carbonyl (C=O) groups is 1. The molecule has 0 bridgehead atoms. The van der Waals surface area contributed by atoms with Crippen LogP contribution < -0.4 is 19.9 Å². The third-order valence-electron chi connectivity index (χ3n) is 4.18. The molecule has 2 aromatic rings. The molecule has 0 fully saturated rings. The Balaban J connectivity index is 1.69. The standard InChI is InChI=1S/C22H23ClN2O4S/c1-4-27-18-11-15(12-19-21(26)25-22(24)30-19)10-16(23)20(18)29-8-7-28-17-6-5-13(2)9-14(17)3/h5-6,9-12H,4,7-8H2,1-3H3,(H2,24,25,26)/b19-12+. The average Bonchev–Trinajstić information content (AvgIpc) is 2.99. The van der Waals surface area contributed by atoms with Crippen molar-refractivity contribution in [3.63, 3.8) is 0 Å². The first kappa shape index (κ1) is 22.1. The van der Waals surface area contributed by atoms with Crippen LogP contribution in [0.25, 0.3) is 6.08 Å². The van der Waals surface area contributed by atoms with Gasteiger partial charge in [-0.15, -0.1) is 0 Å². The predicted molar refractivity (Wildman–Crippen MR) is 122 cm³/mol. The number of aliphatic imine (C=N–C) groups is 1. The normalized spacial score (nSPS) is 14.7. The Bertz CT molecular complexity index is 1020. The molecule has 0 atom stereocenters. The summed E-state index contributed by atoms with van der Waals surface area (Å²) in [5.74, 6) is 1.39.